The SMILES string of the molecule is CCC(N)Cc1cc(C)nn1CC. The minimum atomic E-state index is 0.265. The van der Waals surface area contributed by atoms with Crippen LogP contribution in [-0.2, 0) is 13.0 Å². The summed E-state index contributed by atoms with van der Waals surface area (Å²) in [6.07, 6.45) is 1.96. The van der Waals surface area contributed by atoms with Crippen LogP contribution >= 0.6 is 0 Å². The summed E-state index contributed by atoms with van der Waals surface area (Å²) < 4.78 is 2.03. The van der Waals surface area contributed by atoms with Crippen LogP contribution in [0.4, 0.5) is 0 Å². The van der Waals surface area contributed by atoms with Gasteiger partial charge in [-0.3, -0.25) is 4.68 Å². The minimum absolute atomic E-state index is 0.265. The Hall–Kier alpha value is -0.830. The molecule has 74 valence electrons. The molecule has 13 heavy (non-hydrogen) atoms. The summed E-state index contributed by atoms with van der Waals surface area (Å²) in [4.78, 5) is 0. The lowest BCUT2D eigenvalue weighted by molar-refractivity contribution is 0.568. The first-order chi connectivity index (χ1) is 6.17. The number of hydrogen-bond donors (Lipinski definition) is 1. The second-order valence-electron chi connectivity index (χ2n) is 3.47. The Balaban J connectivity index is 2.74. The Morgan fingerprint density at radius 2 is 2.23 bits per heavy atom. The van der Waals surface area contributed by atoms with Crippen LogP contribution in [0.25, 0.3) is 0 Å². The van der Waals surface area contributed by atoms with E-state index in [1.807, 2.05) is 11.6 Å². The maximum atomic E-state index is 5.90. The number of aryl methyl sites for hydroxylation is 2. The van der Waals surface area contributed by atoms with Gasteiger partial charge in [0.1, 0.15) is 0 Å². The number of nitrogens with zero attached hydrogens (tertiary/aromatic N) is 2. The van der Waals surface area contributed by atoms with E-state index in [2.05, 4.69) is 25.0 Å². The van der Waals surface area contributed by atoms with E-state index >= 15 is 0 Å². The van der Waals surface area contributed by atoms with Crippen molar-refractivity contribution in [3.63, 3.8) is 0 Å². The highest BCUT2D eigenvalue weighted by molar-refractivity contribution is 5.10. The largest absolute Gasteiger partial charge is 0.327 e. The second-order valence-corrected chi connectivity index (χ2v) is 3.47. The van der Waals surface area contributed by atoms with Crippen molar-refractivity contribution in [2.75, 3.05) is 0 Å². The first-order valence-electron chi connectivity index (χ1n) is 4.96. The van der Waals surface area contributed by atoms with Crippen LogP contribution in [-0.4, -0.2) is 15.8 Å². The molecule has 1 unspecified atom stereocenters. The number of hydrogen-bond acceptors (Lipinski definition) is 2. The zero-order valence-electron chi connectivity index (χ0n) is 8.75. The zero-order valence-corrected chi connectivity index (χ0v) is 8.75. The smallest absolute Gasteiger partial charge is 0.0596 e. The van der Waals surface area contributed by atoms with Crippen molar-refractivity contribution in [2.24, 2.45) is 5.73 Å². The third kappa shape index (κ3) is 2.56. The van der Waals surface area contributed by atoms with Gasteiger partial charge in [0.2, 0.25) is 0 Å². The molecule has 0 radical (unpaired) electrons. The fourth-order valence-electron chi connectivity index (χ4n) is 1.45. The summed E-state index contributed by atoms with van der Waals surface area (Å²) in [5.41, 5.74) is 8.24. The van der Waals surface area contributed by atoms with E-state index in [1.54, 1.807) is 0 Å². The minimum Gasteiger partial charge on any atom is -0.327 e. The number of nitrogens with two attached hydrogens (primary N) is 1. The van der Waals surface area contributed by atoms with Crippen molar-refractivity contribution in [3.8, 4) is 0 Å². The highest BCUT2D eigenvalue weighted by atomic mass is 15.3. The van der Waals surface area contributed by atoms with Crippen LogP contribution in [0.2, 0.25) is 0 Å². The lowest BCUT2D eigenvalue weighted by atomic mass is 10.1. The summed E-state index contributed by atoms with van der Waals surface area (Å²) in [5.74, 6) is 0. The Bertz CT molecular complexity index is 265. The van der Waals surface area contributed by atoms with E-state index in [0.29, 0.717) is 0 Å². The molecule has 0 aromatic carbocycles. The predicted molar refractivity (Wildman–Crippen MR) is 54.6 cm³/mol. The number of rotatable bonds is 4. The van der Waals surface area contributed by atoms with Crippen molar-refractivity contribution in [3.05, 3.63) is 17.5 Å². The van der Waals surface area contributed by atoms with Crippen LogP contribution < -0.4 is 5.73 Å². The standard InChI is InChI=1S/C10H19N3/c1-4-9(11)7-10-6-8(3)12-13(10)5-2/h6,9H,4-5,7,11H2,1-3H3. The first kappa shape index (κ1) is 10.3. The molecule has 1 rings (SSSR count). The second kappa shape index (κ2) is 4.42. The first-order valence-corrected chi connectivity index (χ1v) is 4.96. The molecule has 0 aliphatic rings. The van der Waals surface area contributed by atoms with Crippen LogP contribution in [0.15, 0.2) is 6.07 Å². The van der Waals surface area contributed by atoms with Crippen LogP contribution in [0.1, 0.15) is 31.7 Å². The maximum Gasteiger partial charge on any atom is 0.0596 e. The molecule has 1 aromatic rings. The van der Waals surface area contributed by atoms with Gasteiger partial charge in [-0.05, 0) is 26.3 Å². The lowest BCUT2D eigenvalue weighted by Crippen LogP contribution is -2.23. The van der Waals surface area contributed by atoms with E-state index in [0.717, 1.165) is 25.1 Å². The maximum absolute atomic E-state index is 5.90. The molecule has 1 atom stereocenters. The molecule has 0 aliphatic carbocycles. The zero-order chi connectivity index (χ0) is 9.84. The molecule has 0 fully saturated rings. The Morgan fingerprint density at radius 3 is 2.77 bits per heavy atom. The van der Waals surface area contributed by atoms with Gasteiger partial charge in [0.05, 0.1) is 5.69 Å². The van der Waals surface area contributed by atoms with Crippen molar-refractivity contribution < 1.29 is 0 Å². The lowest BCUT2D eigenvalue weighted by Gasteiger charge is -2.09. The molecule has 0 aliphatic heterocycles. The van der Waals surface area contributed by atoms with Gasteiger partial charge in [-0.25, -0.2) is 0 Å². The van der Waals surface area contributed by atoms with Gasteiger partial charge in [-0.2, -0.15) is 5.10 Å². The van der Waals surface area contributed by atoms with Crippen molar-refractivity contribution in [1.29, 1.82) is 0 Å². The summed E-state index contributed by atoms with van der Waals surface area (Å²) in [6, 6.07) is 2.39. The summed E-state index contributed by atoms with van der Waals surface area (Å²) >= 11 is 0. The monoisotopic (exact) mass is 181 g/mol. The van der Waals surface area contributed by atoms with E-state index in [-0.39, 0.29) is 6.04 Å². The molecular weight excluding hydrogens is 162 g/mol. The molecule has 0 saturated heterocycles. The van der Waals surface area contributed by atoms with Gasteiger partial charge in [0.25, 0.3) is 0 Å². The fourth-order valence-corrected chi connectivity index (χ4v) is 1.45. The third-order valence-electron chi connectivity index (χ3n) is 2.28. The third-order valence-corrected chi connectivity index (χ3v) is 2.28. The fraction of sp³-hybridized carbons (Fsp3) is 0.700. The Morgan fingerprint density at radius 1 is 1.54 bits per heavy atom. The van der Waals surface area contributed by atoms with Gasteiger partial charge in [-0.15, -0.1) is 0 Å². The van der Waals surface area contributed by atoms with E-state index in [9.17, 15) is 0 Å². The van der Waals surface area contributed by atoms with E-state index in [1.165, 1.54) is 5.69 Å². The van der Waals surface area contributed by atoms with Crippen LogP contribution in [0.5, 0.6) is 0 Å². The van der Waals surface area contributed by atoms with Gasteiger partial charge in [0.15, 0.2) is 0 Å². The number of aromatic nitrogens is 2. The molecule has 0 amide bonds. The molecule has 0 spiro atoms. The Kier molecular flexibility index (Phi) is 3.48. The topological polar surface area (TPSA) is 43.8 Å². The van der Waals surface area contributed by atoms with Gasteiger partial charge >= 0.3 is 0 Å². The average molecular weight is 181 g/mol. The highest BCUT2D eigenvalue weighted by Gasteiger charge is 2.07. The molecule has 1 aromatic heterocycles. The molecule has 0 saturated carbocycles. The normalized spacial score (nSPS) is 13.2. The molecular formula is C10H19N3. The van der Waals surface area contributed by atoms with Crippen LogP contribution in [0, 0.1) is 6.92 Å². The summed E-state index contributed by atoms with van der Waals surface area (Å²) in [7, 11) is 0. The van der Waals surface area contributed by atoms with Gasteiger partial charge < -0.3 is 5.73 Å². The highest BCUT2D eigenvalue weighted by Crippen LogP contribution is 2.07. The molecule has 3 nitrogen and oxygen atoms in total. The molecule has 0 bridgehead atoms. The summed E-state index contributed by atoms with van der Waals surface area (Å²) in [5, 5.41) is 4.38. The van der Waals surface area contributed by atoms with Crippen molar-refractivity contribution >= 4 is 0 Å². The van der Waals surface area contributed by atoms with Gasteiger partial charge in [0, 0.05) is 24.7 Å². The predicted octanol–water partition coefficient (Wildman–Crippen LogP) is 1.49. The van der Waals surface area contributed by atoms with E-state index in [4.69, 9.17) is 5.73 Å². The Labute approximate surface area is 79.9 Å². The quantitative estimate of drug-likeness (QED) is 0.764. The van der Waals surface area contributed by atoms with Crippen molar-refractivity contribution in [1.82, 2.24) is 9.78 Å². The average Bonchev–Trinajstić information content (AvgIpc) is 2.46. The van der Waals surface area contributed by atoms with Crippen LogP contribution in [0.3, 0.4) is 0 Å². The van der Waals surface area contributed by atoms with Crippen molar-refractivity contribution in [2.45, 2.75) is 46.2 Å². The molecule has 2 N–H and O–H groups in total. The van der Waals surface area contributed by atoms with E-state index < -0.39 is 0 Å². The molecule has 1 heterocycles. The molecule has 3 heteroatoms. The van der Waals surface area contributed by atoms with Gasteiger partial charge in [-0.1, -0.05) is 6.92 Å². The summed E-state index contributed by atoms with van der Waals surface area (Å²) in [6.45, 7) is 7.17.